The molecule has 1 unspecified atom stereocenters. The maximum Gasteiger partial charge on any atom is 0.335 e. The van der Waals surface area contributed by atoms with Crippen LogP contribution >= 0.6 is 0 Å². The van der Waals surface area contributed by atoms with Crippen LogP contribution in [-0.2, 0) is 0 Å². The van der Waals surface area contributed by atoms with Gasteiger partial charge in [0.15, 0.2) is 0 Å². The van der Waals surface area contributed by atoms with Crippen molar-refractivity contribution >= 4 is 17.3 Å². The van der Waals surface area contributed by atoms with E-state index in [4.69, 9.17) is 5.11 Å². The number of nitrogens with one attached hydrogen (secondary N) is 1. The minimum Gasteiger partial charge on any atom is -0.478 e. The molecule has 6 heteroatoms. The number of hydrogen-bond acceptors (Lipinski definition) is 4. The molecule has 1 aromatic rings. The van der Waals surface area contributed by atoms with Gasteiger partial charge in [-0.1, -0.05) is 20.3 Å². The van der Waals surface area contributed by atoms with Crippen LogP contribution in [0.1, 0.15) is 30.6 Å². The second kappa shape index (κ2) is 6.00. The summed E-state index contributed by atoms with van der Waals surface area (Å²) in [4.78, 5) is 21.1. The highest BCUT2D eigenvalue weighted by atomic mass is 16.6. The number of benzene rings is 1. The first kappa shape index (κ1) is 14.0. The van der Waals surface area contributed by atoms with Crippen molar-refractivity contribution in [2.75, 3.05) is 11.9 Å². The smallest absolute Gasteiger partial charge is 0.335 e. The fourth-order valence-electron chi connectivity index (χ4n) is 1.39. The molecule has 1 rings (SSSR count). The van der Waals surface area contributed by atoms with Crippen LogP contribution in [0.3, 0.4) is 0 Å². The molecule has 1 aromatic carbocycles. The van der Waals surface area contributed by atoms with Gasteiger partial charge in [-0.2, -0.15) is 0 Å². The van der Waals surface area contributed by atoms with Crippen LogP contribution in [0, 0.1) is 16.0 Å². The summed E-state index contributed by atoms with van der Waals surface area (Å²) in [5.74, 6) is -0.782. The lowest BCUT2D eigenvalue weighted by molar-refractivity contribution is -0.384. The van der Waals surface area contributed by atoms with Crippen molar-refractivity contribution in [2.45, 2.75) is 20.3 Å². The van der Waals surface area contributed by atoms with E-state index in [1.165, 1.54) is 12.1 Å². The summed E-state index contributed by atoms with van der Waals surface area (Å²) in [6.07, 6.45) is 0.966. The number of nitrogens with zero attached hydrogens (tertiary/aromatic N) is 1. The monoisotopic (exact) mass is 252 g/mol. The third kappa shape index (κ3) is 3.44. The Morgan fingerprint density at radius 3 is 2.72 bits per heavy atom. The van der Waals surface area contributed by atoms with Crippen LogP contribution in [0.4, 0.5) is 11.4 Å². The Labute approximate surface area is 105 Å². The Kier molecular flexibility index (Phi) is 4.65. The zero-order valence-electron chi connectivity index (χ0n) is 10.3. The van der Waals surface area contributed by atoms with Crippen LogP contribution in [0.15, 0.2) is 18.2 Å². The van der Waals surface area contributed by atoms with Crippen molar-refractivity contribution in [3.63, 3.8) is 0 Å². The van der Waals surface area contributed by atoms with E-state index in [0.29, 0.717) is 18.2 Å². The number of nitro benzene ring substituents is 1. The number of carboxylic acids is 1. The van der Waals surface area contributed by atoms with Gasteiger partial charge in [0.2, 0.25) is 0 Å². The molecule has 0 aliphatic carbocycles. The predicted molar refractivity (Wildman–Crippen MR) is 68.0 cm³/mol. The Bertz CT molecular complexity index is 459. The van der Waals surface area contributed by atoms with Crippen molar-refractivity contribution in [1.82, 2.24) is 0 Å². The first-order valence-electron chi connectivity index (χ1n) is 5.71. The molecule has 0 bridgehead atoms. The summed E-state index contributed by atoms with van der Waals surface area (Å²) in [5.41, 5.74) is 0.0549. The highest BCUT2D eigenvalue weighted by molar-refractivity contribution is 5.89. The average Bonchev–Trinajstić information content (AvgIpc) is 2.35. The van der Waals surface area contributed by atoms with Gasteiger partial charge in [-0.15, -0.1) is 0 Å². The van der Waals surface area contributed by atoms with Crippen molar-refractivity contribution in [3.05, 3.63) is 33.9 Å². The molecule has 0 aliphatic rings. The van der Waals surface area contributed by atoms with Gasteiger partial charge >= 0.3 is 5.97 Å². The highest BCUT2D eigenvalue weighted by Crippen LogP contribution is 2.26. The Balaban J connectivity index is 2.97. The molecule has 1 atom stereocenters. The Morgan fingerprint density at radius 1 is 1.56 bits per heavy atom. The van der Waals surface area contributed by atoms with E-state index < -0.39 is 10.9 Å². The number of carboxylic acid groups (broad SMARTS) is 1. The molecular weight excluding hydrogens is 236 g/mol. The van der Waals surface area contributed by atoms with Crippen molar-refractivity contribution in [1.29, 1.82) is 0 Å². The van der Waals surface area contributed by atoms with Crippen LogP contribution in [0.5, 0.6) is 0 Å². The molecule has 18 heavy (non-hydrogen) atoms. The van der Waals surface area contributed by atoms with Crippen molar-refractivity contribution < 1.29 is 14.8 Å². The van der Waals surface area contributed by atoms with E-state index >= 15 is 0 Å². The van der Waals surface area contributed by atoms with Gasteiger partial charge in [0.25, 0.3) is 5.69 Å². The molecule has 0 radical (unpaired) electrons. The van der Waals surface area contributed by atoms with E-state index in [1.54, 1.807) is 0 Å². The molecule has 98 valence electrons. The van der Waals surface area contributed by atoms with Gasteiger partial charge in [-0.25, -0.2) is 4.79 Å². The van der Waals surface area contributed by atoms with E-state index in [9.17, 15) is 14.9 Å². The van der Waals surface area contributed by atoms with Crippen LogP contribution < -0.4 is 5.32 Å². The summed E-state index contributed by atoms with van der Waals surface area (Å²) in [6, 6.07) is 3.86. The zero-order valence-corrected chi connectivity index (χ0v) is 10.3. The second-order valence-corrected chi connectivity index (χ2v) is 4.19. The van der Waals surface area contributed by atoms with Gasteiger partial charge < -0.3 is 10.4 Å². The molecule has 0 aliphatic heterocycles. The van der Waals surface area contributed by atoms with Gasteiger partial charge in [0, 0.05) is 12.6 Å². The molecular formula is C12H16N2O4. The molecule has 0 saturated carbocycles. The SMILES string of the molecule is CCC(C)CNc1ccc(C(=O)O)cc1[N+](=O)[O-]. The quantitative estimate of drug-likeness (QED) is 0.599. The Morgan fingerprint density at radius 2 is 2.22 bits per heavy atom. The zero-order chi connectivity index (χ0) is 13.7. The Hall–Kier alpha value is -2.11. The maximum atomic E-state index is 10.9. The lowest BCUT2D eigenvalue weighted by atomic mass is 10.1. The van der Waals surface area contributed by atoms with Crippen LogP contribution in [-0.4, -0.2) is 22.5 Å². The second-order valence-electron chi connectivity index (χ2n) is 4.19. The molecule has 0 fully saturated rings. The first-order chi connectivity index (χ1) is 8.45. The molecule has 2 N–H and O–H groups in total. The average molecular weight is 252 g/mol. The summed E-state index contributed by atoms with van der Waals surface area (Å²) >= 11 is 0. The molecule has 6 nitrogen and oxygen atoms in total. The molecule has 0 spiro atoms. The number of hydrogen-bond donors (Lipinski definition) is 2. The lowest BCUT2D eigenvalue weighted by Crippen LogP contribution is -2.12. The third-order valence-corrected chi connectivity index (χ3v) is 2.78. The topological polar surface area (TPSA) is 92.5 Å². The number of aromatic carboxylic acids is 1. The number of carbonyl (C=O) groups is 1. The minimum absolute atomic E-state index is 0.0872. The fraction of sp³-hybridized carbons (Fsp3) is 0.417. The van der Waals surface area contributed by atoms with E-state index in [2.05, 4.69) is 5.32 Å². The summed E-state index contributed by atoms with van der Waals surface area (Å²) in [6.45, 7) is 4.68. The van der Waals surface area contributed by atoms with Gasteiger partial charge in [-0.05, 0) is 18.1 Å². The minimum atomic E-state index is -1.17. The molecule has 0 amide bonds. The fourth-order valence-corrected chi connectivity index (χ4v) is 1.39. The predicted octanol–water partition coefficient (Wildman–Crippen LogP) is 2.75. The number of nitro groups is 1. The molecule has 0 aromatic heterocycles. The lowest BCUT2D eigenvalue weighted by Gasteiger charge is -2.11. The molecule has 0 saturated heterocycles. The van der Waals surface area contributed by atoms with Crippen LogP contribution in [0.25, 0.3) is 0 Å². The normalized spacial score (nSPS) is 11.9. The number of anilines is 1. The van der Waals surface area contributed by atoms with E-state index in [1.807, 2.05) is 13.8 Å². The van der Waals surface area contributed by atoms with Gasteiger partial charge in [0.05, 0.1) is 10.5 Å². The van der Waals surface area contributed by atoms with Crippen molar-refractivity contribution in [2.24, 2.45) is 5.92 Å². The first-order valence-corrected chi connectivity index (χ1v) is 5.71. The van der Waals surface area contributed by atoms with Crippen LogP contribution in [0.2, 0.25) is 0 Å². The summed E-state index contributed by atoms with van der Waals surface area (Å²) < 4.78 is 0. The summed E-state index contributed by atoms with van der Waals surface area (Å²) in [5, 5.41) is 22.7. The maximum absolute atomic E-state index is 10.9. The molecule has 0 heterocycles. The van der Waals surface area contributed by atoms with E-state index in [-0.39, 0.29) is 11.3 Å². The highest BCUT2D eigenvalue weighted by Gasteiger charge is 2.17. The van der Waals surface area contributed by atoms with Gasteiger partial charge in [-0.3, -0.25) is 10.1 Å². The van der Waals surface area contributed by atoms with Gasteiger partial charge in [0.1, 0.15) is 5.69 Å². The van der Waals surface area contributed by atoms with Crippen molar-refractivity contribution in [3.8, 4) is 0 Å². The number of rotatable bonds is 6. The van der Waals surface area contributed by atoms with E-state index in [0.717, 1.165) is 12.5 Å². The standard InChI is InChI=1S/C12H16N2O4/c1-3-8(2)7-13-10-5-4-9(12(15)16)6-11(10)14(17)18/h4-6,8,13H,3,7H2,1-2H3,(H,15,16). The summed E-state index contributed by atoms with van der Waals surface area (Å²) in [7, 11) is 0. The third-order valence-electron chi connectivity index (χ3n) is 2.78. The largest absolute Gasteiger partial charge is 0.478 e.